The van der Waals surface area contributed by atoms with Crippen molar-refractivity contribution in [1.82, 2.24) is 0 Å². The predicted octanol–water partition coefficient (Wildman–Crippen LogP) is 4.01. The fourth-order valence-corrected chi connectivity index (χ4v) is 3.94. The zero-order valence-electron chi connectivity index (χ0n) is 13.5. The van der Waals surface area contributed by atoms with Gasteiger partial charge >= 0.3 is 0 Å². The average molecular weight is 387 g/mol. The molecule has 7 heteroatoms. The van der Waals surface area contributed by atoms with E-state index in [1.54, 1.807) is 42.5 Å². The molecule has 3 aromatic carbocycles. The van der Waals surface area contributed by atoms with Crippen molar-refractivity contribution in [3.63, 3.8) is 0 Å². The van der Waals surface area contributed by atoms with Gasteiger partial charge in [-0.15, -0.1) is 0 Å². The van der Waals surface area contributed by atoms with Gasteiger partial charge in [0.15, 0.2) is 0 Å². The third kappa shape index (κ3) is 3.87. The molecule has 5 nitrogen and oxygen atoms in total. The molecule has 0 fully saturated rings. The number of carbonyl (C=O) groups excluding carboxylic acids is 1. The van der Waals surface area contributed by atoms with Crippen LogP contribution < -0.4 is 11.1 Å². The topological polar surface area (TPSA) is 89.3 Å². The van der Waals surface area contributed by atoms with E-state index in [2.05, 4.69) is 5.32 Å². The van der Waals surface area contributed by atoms with Gasteiger partial charge < -0.3 is 11.1 Å². The molecule has 0 aliphatic carbocycles. The Labute approximate surface area is 156 Å². The molecule has 0 unspecified atom stereocenters. The smallest absolute Gasteiger partial charge is 0.255 e. The maximum Gasteiger partial charge on any atom is 0.255 e. The van der Waals surface area contributed by atoms with Crippen molar-refractivity contribution in [3.8, 4) is 0 Å². The molecule has 0 saturated heterocycles. The van der Waals surface area contributed by atoms with Crippen LogP contribution in [0.15, 0.2) is 82.6 Å². The van der Waals surface area contributed by atoms with E-state index in [9.17, 15) is 13.2 Å². The molecule has 0 atom stereocenters. The van der Waals surface area contributed by atoms with Crippen molar-refractivity contribution >= 4 is 38.7 Å². The fraction of sp³-hybridized carbons (Fsp3) is 0. The Morgan fingerprint density at radius 3 is 2.23 bits per heavy atom. The summed E-state index contributed by atoms with van der Waals surface area (Å²) in [6.07, 6.45) is 0. The normalized spacial score (nSPS) is 11.1. The molecule has 1 amide bonds. The number of sulfone groups is 1. The van der Waals surface area contributed by atoms with Crippen molar-refractivity contribution in [2.75, 3.05) is 11.1 Å². The summed E-state index contributed by atoms with van der Waals surface area (Å²) in [7, 11) is -3.74. The molecular weight excluding hydrogens is 372 g/mol. The highest BCUT2D eigenvalue weighted by molar-refractivity contribution is 7.91. The zero-order valence-corrected chi connectivity index (χ0v) is 15.1. The number of carbonyl (C=O) groups is 1. The Morgan fingerprint density at radius 1 is 0.885 bits per heavy atom. The van der Waals surface area contributed by atoms with Crippen LogP contribution in [0.5, 0.6) is 0 Å². The number of benzene rings is 3. The number of nitrogen functional groups attached to an aromatic ring is 1. The molecule has 0 spiro atoms. The summed E-state index contributed by atoms with van der Waals surface area (Å²) in [5, 5.41) is 3.11. The number of nitrogens with two attached hydrogens (primary N) is 1. The van der Waals surface area contributed by atoms with Crippen molar-refractivity contribution in [2.24, 2.45) is 0 Å². The van der Waals surface area contributed by atoms with E-state index in [0.29, 0.717) is 22.0 Å². The van der Waals surface area contributed by atoms with Gasteiger partial charge in [-0.1, -0.05) is 29.8 Å². The van der Waals surface area contributed by atoms with E-state index >= 15 is 0 Å². The van der Waals surface area contributed by atoms with E-state index in [1.165, 1.54) is 30.3 Å². The molecule has 0 radical (unpaired) electrons. The van der Waals surface area contributed by atoms with Gasteiger partial charge in [-0.2, -0.15) is 0 Å². The van der Waals surface area contributed by atoms with E-state index in [-0.39, 0.29) is 15.7 Å². The van der Waals surface area contributed by atoms with Crippen LogP contribution in [0.3, 0.4) is 0 Å². The Hall–Kier alpha value is -2.83. The second kappa shape index (κ2) is 7.19. The monoisotopic (exact) mass is 386 g/mol. The minimum atomic E-state index is -3.74. The number of anilines is 2. The Bertz CT molecular complexity index is 1080. The number of amides is 1. The van der Waals surface area contributed by atoms with E-state index < -0.39 is 9.84 Å². The lowest BCUT2D eigenvalue weighted by Crippen LogP contribution is -2.12. The van der Waals surface area contributed by atoms with Crippen molar-refractivity contribution in [3.05, 3.63) is 83.4 Å². The summed E-state index contributed by atoms with van der Waals surface area (Å²) in [5.41, 5.74) is 6.77. The number of nitrogens with one attached hydrogen (secondary N) is 1. The minimum Gasteiger partial charge on any atom is -0.399 e. The third-order valence-corrected chi connectivity index (χ3v) is 5.64. The first-order valence-corrected chi connectivity index (χ1v) is 9.50. The van der Waals surface area contributed by atoms with Crippen molar-refractivity contribution in [2.45, 2.75) is 9.79 Å². The fourth-order valence-electron chi connectivity index (χ4n) is 2.39. The van der Waals surface area contributed by atoms with Gasteiger partial charge in [0.25, 0.3) is 5.91 Å². The first kappa shape index (κ1) is 18.0. The number of hydrogen-bond donors (Lipinski definition) is 2. The summed E-state index contributed by atoms with van der Waals surface area (Å²) in [4.78, 5) is 12.5. The van der Waals surface area contributed by atoms with Crippen LogP contribution in [-0.2, 0) is 9.84 Å². The van der Waals surface area contributed by atoms with Crippen LogP contribution in [0.25, 0.3) is 0 Å². The predicted molar refractivity (Wildman–Crippen MR) is 102 cm³/mol. The second-order valence-corrected chi connectivity index (χ2v) is 7.95. The zero-order chi connectivity index (χ0) is 18.7. The van der Waals surface area contributed by atoms with Gasteiger partial charge in [0.05, 0.1) is 9.79 Å². The van der Waals surface area contributed by atoms with E-state index in [0.717, 1.165) is 0 Å². The van der Waals surface area contributed by atoms with E-state index in [1.807, 2.05) is 0 Å². The van der Waals surface area contributed by atoms with Crippen LogP contribution in [0.1, 0.15) is 10.4 Å². The summed E-state index contributed by atoms with van der Waals surface area (Å²) in [6.45, 7) is 0. The largest absolute Gasteiger partial charge is 0.399 e. The summed E-state index contributed by atoms with van der Waals surface area (Å²) >= 11 is 5.89. The number of hydrogen-bond acceptors (Lipinski definition) is 4. The molecule has 3 N–H and O–H groups in total. The lowest BCUT2D eigenvalue weighted by molar-refractivity contribution is 0.102. The van der Waals surface area contributed by atoms with Crippen LogP contribution in [0, 0.1) is 0 Å². The summed E-state index contributed by atoms with van der Waals surface area (Å²) in [6, 6.07) is 18.6. The Balaban J connectivity index is 1.90. The van der Waals surface area contributed by atoms with Gasteiger partial charge in [0.2, 0.25) is 9.84 Å². The van der Waals surface area contributed by atoms with Crippen molar-refractivity contribution < 1.29 is 13.2 Å². The number of rotatable bonds is 4. The highest BCUT2D eigenvalue weighted by atomic mass is 35.5. The van der Waals surface area contributed by atoms with Gasteiger partial charge in [0.1, 0.15) is 0 Å². The molecule has 0 saturated carbocycles. The molecule has 0 aliphatic heterocycles. The van der Waals surface area contributed by atoms with Gasteiger partial charge in [-0.3, -0.25) is 4.79 Å². The SMILES string of the molecule is Nc1cccc(S(=O)(=O)c2cccc(NC(=O)c3cccc(Cl)c3)c2)c1. The first-order valence-electron chi connectivity index (χ1n) is 7.64. The Morgan fingerprint density at radius 2 is 1.54 bits per heavy atom. The molecule has 0 aliphatic rings. The lowest BCUT2D eigenvalue weighted by Gasteiger charge is -2.09. The molecule has 0 bridgehead atoms. The molecule has 3 rings (SSSR count). The highest BCUT2D eigenvalue weighted by Crippen LogP contribution is 2.25. The van der Waals surface area contributed by atoms with Gasteiger partial charge in [0, 0.05) is 22.0 Å². The number of halogens is 1. The molecule has 0 heterocycles. The molecule has 0 aromatic heterocycles. The first-order chi connectivity index (χ1) is 12.4. The minimum absolute atomic E-state index is 0.0620. The lowest BCUT2D eigenvalue weighted by atomic mass is 10.2. The molecule has 26 heavy (non-hydrogen) atoms. The third-order valence-electron chi connectivity index (χ3n) is 3.66. The van der Waals surface area contributed by atoms with Gasteiger partial charge in [-0.25, -0.2) is 8.42 Å². The molecular formula is C19H15ClN2O3S. The van der Waals surface area contributed by atoms with E-state index in [4.69, 9.17) is 17.3 Å². The standard InChI is InChI=1S/C19H15ClN2O3S/c20-14-5-1-4-13(10-14)19(23)22-16-7-3-9-18(12-16)26(24,25)17-8-2-6-15(21)11-17/h1-12H,21H2,(H,22,23). The highest BCUT2D eigenvalue weighted by Gasteiger charge is 2.18. The maximum atomic E-state index is 12.8. The van der Waals surface area contributed by atoms with Crippen LogP contribution in [0.4, 0.5) is 11.4 Å². The van der Waals surface area contributed by atoms with Crippen molar-refractivity contribution in [1.29, 1.82) is 0 Å². The summed E-state index contributed by atoms with van der Waals surface area (Å²) < 4.78 is 25.5. The van der Waals surface area contributed by atoms with Crippen LogP contribution in [0.2, 0.25) is 5.02 Å². The Kier molecular flexibility index (Phi) is 4.97. The summed E-state index contributed by atoms with van der Waals surface area (Å²) in [5.74, 6) is -0.383. The van der Waals surface area contributed by atoms with Crippen LogP contribution >= 0.6 is 11.6 Å². The second-order valence-electron chi connectivity index (χ2n) is 5.57. The van der Waals surface area contributed by atoms with Gasteiger partial charge in [-0.05, 0) is 54.6 Å². The molecule has 132 valence electrons. The molecule has 3 aromatic rings. The van der Waals surface area contributed by atoms with Crippen LogP contribution in [-0.4, -0.2) is 14.3 Å². The maximum absolute atomic E-state index is 12.8. The quantitative estimate of drug-likeness (QED) is 0.663. The average Bonchev–Trinajstić information content (AvgIpc) is 2.62.